The highest BCUT2D eigenvalue weighted by atomic mass is 19.3. The number of nitrogens with one attached hydrogen (secondary N) is 1. The van der Waals surface area contributed by atoms with Crippen LogP contribution in [0.2, 0.25) is 0 Å². The summed E-state index contributed by atoms with van der Waals surface area (Å²) < 4.78 is 48.8. The molecular weight excluding hydrogens is 387 g/mol. The molecule has 0 spiro atoms. The van der Waals surface area contributed by atoms with Crippen LogP contribution in [0.3, 0.4) is 0 Å². The highest BCUT2D eigenvalue weighted by molar-refractivity contribution is 6.03. The van der Waals surface area contributed by atoms with Crippen molar-refractivity contribution in [2.75, 3.05) is 18.5 Å². The Morgan fingerprint density at radius 1 is 1.28 bits per heavy atom. The molecule has 4 rings (SSSR count). The van der Waals surface area contributed by atoms with E-state index in [-0.39, 0.29) is 23.8 Å². The second kappa shape index (κ2) is 7.21. The fourth-order valence-corrected chi connectivity index (χ4v) is 3.18. The summed E-state index contributed by atoms with van der Waals surface area (Å²) in [5.41, 5.74) is 3.80. The van der Waals surface area contributed by atoms with Crippen LogP contribution in [0.25, 0.3) is 5.52 Å². The molecule has 29 heavy (non-hydrogen) atoms. The molecule has 2 aromatic heterocycles. The highest BCUT2D eigenvalue weighted by Crippen LogP contribution is 2.38. The van der Waals surface area contributed by atoms with E-state index in [1.807, 2.05) is 0 Å². The molecule has 3 heterocycles. The molecule has 1 amide bonds. The average Bonchev–Trinajstić information content (AvgIpc) is 3.13. The van der Waals surface area contributed by atoms with Gasteiger partial charge >= 0.3 is 0 Å². The van der Waals surface area contributed by atoms with Crippen LogP contribution < -0.4 is 11.1 Å². The van der Waals surface area contributed by atoms with E-state index in [9.17, 15) is 18.0 Å². The third-order valence-electron chi connectivity index (χ3n) is 4.57. The molecular formula is C19H16F3N5O2. The summed E-state index contributed by atoms with van der Waals surface area (Å²) in [5.74, 6) is -1.63. The molecule has 0 aliphatic carbocycles. The predicted octanol–water partition coefficient (Wildman–Crippen LogP) is 2.57. The molecule has 150 valence electrons. The van der Waals surface area contributed by atoms with Crippen molar-refractivity contribution < 1.29 is 22.7 Å². The van der Waals surface area contributed by atoms with Crippen LogP contribution in [0.15, 0.2) is 53.7 Å². The number of anilines is 1. The molecule has 7 nitrogen and oxygen atoms in total. The molecule has 1 aliphatic heterocycles. The molecule has 0 saturated carbocycles. The SMILES string of the molecule is NC1=N[C@@](c2cc(NC(=O)c3cc4ccccn4n3)ccc2F)(C(F)F)COC1. The smallest absolute Gasteiger partial charge is 0.276 e. The Morgan fingerprint density at radius 3 is 2.83 bits per heavy atom. The zero-order valence-corrected chi connectivity index (χ0v) is 15.0. The van der Waals surface area contributed by atoms with E-state index in [2.05, 4.69) is 15.4 Å². The quantitative estimate of drug-likeness (QED) is 0.700. The summed E-state index contributed by atoms with van der Waals surface area (Å²) >= 11 is 0. The van der Waals surface area contributed by atoms with Crippen LogP contribution >= 0.6 is 0 Å². The monoisotopic (exact) mass is 403 g/mol. The first-order chi connectivity index (χ1) is 13.9. The number of amides is 1. The number of hydrogen-bond acceptors (Lipinski definition) is 5. The van der Waals surface area contributed by atoms with Gasteiger partial charge in [-0.25, -0.2) is 17.7 Å². The number of amidine groups is 1. The van der Waals surface area contributed by atoms with Crippen LogP contribution in [0, 0.1) is 5.82 Å². The van der Waals surface area contributed by atoms with Crippen molar-refractivity contribution >= 4 is 22.9 Å². The summed E-state index contributed by atoms with van der Waals surface area (Å²) in [4.78, 5) is 16.3. The van der Waals surface area contributed by atoms with Crippen molar-refractivity contribution in [1.29, 1.82) is 0 Å². The van der Waals surface area contributed by atoms with Crippen molar-refractivity contribution in [2.24, 2.45) is 10.7 Å². The van der Waals surface area contributed by atoms with E-state index in [1.54, 1.807) is 30.5 Å². The van der Waals surface area contributed by atoms with E-state index >= 15 is 0 Å². The van der Waals surface area contributed by atoms with Gasteiger partial charge in [-0.2, -0.15) is 5.10 Å². The zero-order valence-electron chi connectivity index (χ0n) is 15.0. The lowest BCUT2D eigenvalue weighted by atomic mass is 9.90. The molecule has 0 unspecified atom stereocenters. The van der Waals surface area contributed by atoms with Crippen LogP contribution in [-0.2, 0) is 10.3 Å². The van der Waals surface area contributed by atoms with Gasteiger partial charge < -0.3 is 15.8 Å². The van der Waals surface area contributed by atoms with Crippen LogP contribution in [-0.4, -0.2) is 41.0 Å². The lowest BCUT2D eigenvalue weighted by molar-refractivity contribution is -0.0145. The van der Waals surface area contributed by atoms with Gasteiger partial charge in [0.1, 0.15) is 18.3 Å². The molecule has 1 aliphatic rings. The minimum Gasteiger partial charge on any atom is -0.385 e. The van der Waals surface area contributed by atoms with E-state index in [0.29, 0.717) is 5.52 Å². The Bertz CT molecular complexity index is 1080. The fraction of sp³-hybridized carbons (Fsp3) is 0.211. The minimum absolute atomic E-state index is 0.111. The van der Waals surface area contributed by atoms with Gasteiger partial charge in [0.2, 0.25) is 0 Å². The van der Waals surface area contributed by atoms with Gasteiger partial charge in [-0.05, 0) is 36.4 Å². The van der Waals surface area contributed by atoms with Crippen molar-refractivity contribution in [3.05, 3.63) is 65.7 Å². The minimum atomic E-state index is -3.07. The largest absolute Gasteiger partial charge is 0.385 e. The third-order valence-corrected chi connectivity index (χ3v) is 4.57. The van der Waals surface area contributed by atoms with Crippen molar-refractivity contribution in [3.8, 4) is 0 Å². The fourth-order valence-electron chi connectivity index (χ4n) is 3.18. The number of pyridine rings is 1. The van der Waals surface area contributed by atoms with Crippen LogP contribution in [0.1, 0.15) is 16.1 Å². The second-order valence-electron chi connectivity index (χ2n) is 6.57. The van der Waals surface area contributed by atoms with Crippen molar-refractivity contribution in [3.63, 3.8) is 0 Å². The number of aromatic nitrogens is 2. The van der Waals surface area contributed by atoms with Gasteiger partial charge in [-0.3, -0.25) is 9.79 Å². The topological polar surface area (TPSA) is 94.0 Å². The number of rotatable bonds is 4. The number of ether oxygens (including phenoxy) is 1. The average molecular weight is 403 g/mol. The van der Waals surface area contributed by atoms with Gasteiger partial charge in [0.25, 0.3) is 12.3 Å². The van der Waals surface area contributed by atoms with Gasteiger partial charge in [0, 0.05) is 17.4 Å². The lowest BCUT2D eigenvalue weighted by Crippen LogP contribution is -2.45. The Hall–Kier alpha value is -3.40. The van der Waals surface area contributed by atoms with Gasteiger partial charge in [-0.1, -0.05) is 6.07 Å². The Balaban J connectivity index is 1.67. The van der Waals surface area contributed by atoms with E-state index in [0.717, 1.165) is 12.1 Å². The summed E-state index contributed by atoms with van der Waals surface area (Å²) in [6, 6.07) is 10.3. The Kier molecular flexibility index (Phi) is 4.71. The standard InChI is InChI=1S/C19H16F3N5O2/c20-14-5-4-11(7-13(14)19(18(21)22)10-29-9-16(23)25-19)24-17(28)15-8-12-3-1-2-6-27(12)26-15/h1-8,18H,9-10H2,(H2,23,25)(H,24,28)/t19-/m0/s1. The molecule has 1 atom stereocenters. The summed E-state index contributed by atoms with van der Waals surface area (Å²) in [5, 5.41) is 6.69. The first kappa shape index (κ1) is 18.9. The first-order valence-corrected chi connectivity index (χ1v) is 8.65. The lowest BCUT2D eigenvalue weighted by Gasteiger charge is -2.33. The third kappa shape index (κ3) is 3.42. The molecule has 3 aromatic rings. The maximum atomic E-state index is 14.5. The number of benzene rings is 1. The van der Waals surface area contributed by atoms with Gasteiger partial charge in [0.15, 0.2) is 11.2 Å². The van der Waals surface area contributed by atoms with E-state index < -0.39 is 35.9 Å². The number of fused-ring (bicyclic) bond motifs is 1. The van der Waals surface area contributed by atoms with Gasteiger partial charge in [0.05, 0.1) is 12.1 Å². The van der Waals surface area contributed by atoms with E-state index in [4.69, 9.17) is 10.5 Å². The molecule has 3 N–H and O–H groups in total. The predicted molar refractivity (Wildman–Crippen MR) is 99.7 cm³/mol. The molecule has 10 heteroatoms. The van der Waals surface area contributed by atoms with Crippen molar-refractivity contribution in [1.82, 2.24) is 9.61 Å². The summed E-state index contributed by atoms with van der Waals surface area (Å²) in [6.07, 6.45) is -1.39. The van der Waals surface area contributed by atoms with E-state index in [1.165, 1.54) is 10.6 Å². The van der Waals surface area contributed by atoms with Crippen molar-refractivity contribution in [2.45, 2.75) is 12.0 Å². The zero-order chi connectivity index (χ0) is 20.6. The normalized spacial score (nSPS) is 19.4. The van der Waals surface area contributed by atoms with Crippen LogP contribution in [0.4, 0.5) is 18.9 Å². The number of alkyl halides is 2. The van der Waals surface area contributed by atoms with Crippen LogP contribution in [0.5, 0.6) is 0 Å². The molecule has 0 fully saturated rings. The molecule has 0 radical (unpaired) electrons. The second-order valence-corrected chi connectivity index (χ2v) is 6.57. The molecule has 1 aromatic carbocycles. The molecule has 0 saturated heterocycles. The first-order valence-electron chi connectivity index (χ1n) is 8.65. The number of nitrogens with zero attached hydrogens (tertiary/aromatic N) is 3. The number of carbonyl (C=O) groups is 1. The summed E-state index contributed by atoms with van der Waals surface area (Å²) in [7, 11) is 0. The molecule has 0 bridgehead atoms. The number of aliphatic imine (C=N–C) groups is 1. The number of nitrogens with two attached hydrogens (primary N) is 1. The maximum Gasteiger partial charge on any atom is 0.276 e. The number of halogens is 3. The summed E-state index contributed by atoms with van der Waals surface area (Å²) in [6.45, 7) is -0.646. The number of hydrogen-bond donors (Lipinski definition) is 2. The highest BCUT2D eigenvalue weighted by Gasteiger charge is 2.46. The Morgan fingerprint density at radius 2 is 2.10 bits per heavy atom. The Labute approximate surface area is 163 Å². The maximum absolute atomic E-state index is 14.5. The van der Waals surface area contributed by atoms with Gasteiger partial charge in [-0.15, -0.1) is 0 Å². The number of carbonyl (C=O) groups excluding carboxylic acids is 1.